The average molecular weight is 585 g/mol. The SMILES string of the molecule is Cn1cnc2cc(CC(=O)[C@H](Cc3ccccc3)n3cnc(-c4cc(Cl)ccc4-n4cc(Cl)nn4)cc3=O)cnc21. The molecular weight excluding hydrogens is 563 g/mol. The van der Waals surface area contributed by atoms with Gasteiger partial charge in [-0.15, -0.1) is 5.10 Å². The summed E-state index contributed by atoms with van der Waals surface area (Å²) in [6.45, 7) is 0. The molecule has 1 atom stereocenters. The second-order valence-corrected chi connectivity index (χ2v) is 10.4. The summed E-state index contributed by atoms with van der Waals surface area (Å²) in [5, 5.41) is 8.53. The second-order valence-electron chi connectivity index (χ2n) is 9.56. The fourth-order valence-corrected chi connectivity index (χ4v) is 5.04. The van der Waals surface area contributed by atoms with E-state index in [9.17, 15) is 9.59 Å². The van der Waals surface area contributed by atoms with Crippen LogP contribution in [0, 0.1) is 0 Å². The molecule has 0 amide bonds. The first-order chi connectivity index (χ1) is 19.9. The van der Waals surface area contributed by atoms with Crippen LogP contribution in [-0.4, -0.2) is 44.9 Å². The van der Waals surface area contributed by atoms with Gasteiger partial charge in [0.25, 0.3) is 5.56 Å². The summed E-state index contributed by atoms with van der Waals surface area (Å²) >= 11 is 12.3. The van der Waals surface area contributed by atoms with Crippen molar-refractivity contribution in [2.45, 2.75) is 18.9 Å². The normalized spacial score (nSPS) is 12.1. The van der Waals surface area contributed by atoms with Crippen LogP contribution in [0.15, 0.2) is 90.5 Å². The zero-order valence-electron chi connectivity index (χ0n) is 21.7. The van der Waals surface area contributed by atoms with Crippen LogP contribution in [0.2, 0.25) is 10.2 Å². The summed E-state index contributed by atoms with van der Waals surface area (Å²) in [6.07, 6.45) is 6.69. The summed E-state index contributed by atoms with van der Waals surface area (Å²) in [5.74, 6) is -0.150. The summed E-state index contributed by atoms with van der Waals surface area (Å²) < 4.78 is 4.67. The lowest BCUT2D eigenvalue weighted by molar-refractivity contribution is -0.121. The molecule has 10 nitrogen and oxygen atoms in total. The van der Waals surface area contributed by atoms with Crippen molar-refractivity contribution in [2.24, 2.45) is 7.05 Å². The van der Waals surface area contributed by atoms with Crippen LogP contribution in [0.1, 0.15) is 17.2 Å². The van der Waals surface area contributed by atoms with Gasteiger partial charge in [0.15, 0.2) is 16.6 Å². The second kappa shape index (κ2) is 11.1. The fourth-order valence-electron chi connectivity index (χ4n) is 4.74. The van der Waals surface area contributed by atoms with Gasteiger partial charge in [0.05, 0.1) is 30.2 Å². The highest BCUT2D eigenvalue weighted by Crippen LogP contribution is 2.28. The number of carbonyl (C=O) groups is 1. The number of hydrogen-bond acceptors (Lipinski definition) is 7. The van der Waals surface area contributed by atoms with Crippen LogP contribution in [0.3, 0.4) is 0 Å². The Hall–Kier alpha value is -4.67. The number of nitrogens with zero attached hydrogens (tertiary/aromatic N) is 8. The number of aryl methyl sites for hydroxylation is 1. The third kappa shape index (κ3) is 5.52. The number of aromatic nitrogens is 8. The van der Waals surface area contributed by atoms with Gasteiger partial charge in [0.1, 0.15) is 11.6 Å². The maximum Gasteiger partial charge on any atom is 0.254 e. The van der Waals surface area contributed by atoms with Gasteiger partial charge in [0, 0.05) is 42.7 Å². The van der Waals surface area contributed by atoms with Crippen molar-refractivity contribution in [1.29, 1.82) is 0 Å². The van der Waals surface area contributed by atoms with Crippen LogP contribution in [0.4, 0.5) is 0 Å². The standard InChI is InChI=1S/C29H22Cl2N8O2/c1-37-16-33-23-9-19(14-32-29(23)37)11-26(40)25(10-18-5-3-2-4-6-18)38-17-34-22(13-28(38)41)21-12-20(30)7-8-24(21)39-15-27(31)35-36-39/h2-9,12-17,25H,10-11H2,1H3/t25-/m0/s1. The lowest BCUT2D eigenvalue weighted by Crippen LogP contribution is -2.32. The number of fused-ring (bicyclic) bond motifs is 1. The fraction of sp³-hybridized carbons (Fsp3) is 0.138. The van der Waals surface area contributed by atoms with E-state index in [1.54, 1.807) is 36.9 Å². The molecule has 41 heavy (non-hydrogen) atoms. The minimum atomic E-state index is -0.793. The molecule has 0 aliphatic heterocycles. The molecule has 6 rings (SSSR count). The van der Waals surface area contributed by atoms with Gasteiger partial charge < -0.3 is 4.57 Å². The van der Waals surface area contributed by atoms with Crippen LogP contribution < -0.4 is 5.56 Å². The number of imidazole rings is 1. The molecule has 0 aliphatic rings. The maximum atomic E-state index is 13.8. The number of hydrogen-bond donors (Lipinski definition) is 0. The molecule has 0 saturated carbocycles. The molecule has 12 heteroatoms. The Labute approximate surface area is 243 Å². The van der Waals surface area contributed by atoms with Gasteiger partial charge in [-0.3, -0.25) is 14.2 Å². The summed E-state index contributed by atoms with van der Waals surface area (Å²) in [5.41, 5.74) is 4.19. The van der Waals surface area contributed by atoms with Gasteiger partial charge in [-0.25, -0.2) is 19.6 Å². The summed E-state index contributed by atoms with van der Waals surface area (Å²) in [7, 11) is 1.86. The number of carbonyl (C=O) groups excluding carboxylic acids is 1. The highest BCUT2D eigenvalue weighted by Gasteiger charge is 2.24. The topological polar surface area (TPSA) is 113 Å². The molecule has 0 aliphatic carbocycles. The van der Waals surface area contributed by atoms with Gasteiger partial charge in [-0.2, -0.15) is 0 Å². The van der Waals surface area contributed by atoms with E-state index in [1.807, 2.05) is 48.0 Å². The van der Waals surface area contributed by atoms with Crippen molar-refractivity contribution in [1.82, 2.24) is 39.1 Å². The van der Waals surface area contributed by atoms with Crippen LogP contribution in [0.25, 0.3) is 28.1 Å². The molecule has 2 aromatic carbocycles. The van der Waals surface area contributed by atoms with E-state index in [4.69, 9.17) is 23.2 Å². The molecule has 0 N–H and O–H groups in total. The minimum Gasteiger partial charge on any atom is -0.318 e. The van der Waals surface area contributed by atoms with Gasteiger partial charge in [-0.05, 0) is 35.4 Å². The molecular formula is C29H22Cl2N8O2. The van der Waals surface area contributed by atoms with E-state index in [-0.39, 0.29) is 22.9 Å². The van der Waals surface area contributed by atoms with E-state index in [0.717, 1.165) is 11.2 Å². The molecule has 0 unspecified atom stereocenters. The first-order valence-electron chi connectivity index (χ1n) is 12.6. The molecule has 0 saturated heterocycles. The third-order valence-corrected chi connectivity index (χ3v) is 7.16. The molecule has 204 valence electrons. The third-order valence-electron chi connectivity index (χ3n) is 6.75. The van der Waals surface area contributed by atoms with Crippen molar-refractivity contribution in [3.8, 4) is 16.9 Å². The smallest absolute Gasteiger partial charge is 0.254 e. The number of Topliss-reactive ketones (excluding diaryl/α,β-unsaturated/α-hetero) is 1. The van der Waals surface area contributed by atoms with Gasteiger partial charge in [0.2, 0.25) is 0 Å². The Morgan fingerprint density at radius 3 is 2.54 bits per heavy atom. The average Bonchev–Trinajstić information content (AvgIpc) is 3.57. The zero-order chi connectivity index (χ0) is 28.5. The highest BCUT2D eigenvalue weighted by atomic mass is 35.5. The lowest BCUT2D eigenvalue weighted by atomic mass is 9.98. The van der Waals surface area contributed by atoms with Crippen molar-refractivity contribution in [3.63, 3.8) is 0 Å². The molecule has 0 radical (unpaired) electrons. The summed E-state index contributed by atoms with van der Waals surface area (Å²) in [6, 6.07) is 17.1. The predicted molar refractivity (Wildman–Crippen MR) is 155 cm³/mol. The first kappa shape index (κ1) is 26.5. The zero-order valence-corrected chi connectivity index (χ0v) is 23.2. The molecule has 0 spiro atoms. The molecule has 4 aromatic heterocycles. The Morgan fingerprint density at radius 1 is 0.951 bits per heavy atom. The monoisotopic (exact) mass is 584 g/mol. The van der Waals surface area contributed by atoms with Crippen molar-refractivity contribution in [3.05, 3.63) is 117 Å². The Bertz CT molecular complexity index is 1950. The lowest BCUT2D eigenvalue weighted by Gasteiger charge is -2.19. The van der Waals surface area contributed by atoms with E-state index in [1.165, 1.54) is 21.6 Å². The predicted octanol–water partition coefficient (Wildman–Crippen LogP) is 4.68. The molecule has 0 fully saturated rings. The summed E-state index contributed by atoms with van der Waals surface area (Å²) in [4.78, 5) is 40.7. The van der Waals surface area contributed by atoms with Crippen LogP contribution in [0.5, 0.6) is 0 Å². The van der Waals surface area contributed by atoms with Crippen molar-refractivity contribution in [2.75, 3.05) is 0 Å². The van der Waals surface area contributed by atoms with E-state index < -0.39 is 6.04 Å². The molecule has 6 aromatic rings. The van der Waals surface area contributed by atoms with Gasteiger partial charge in [-0.1, -0.05) is 58.7 Å². The van der Waals surface area contributed by atoms with Crippen LogP contribution in [-0.2, 0) is 24.7 Å². The first-order valence-corrected chi connectivity index (χ1v) is 13.4. The van der Waals surface area contributed by atoms with E-state index in [0.29, 0.717) is 39.5 Å². The van der Waals surface area contributed by atoms with Gasteiger partial charge >= 0.3 is 0 Å². The highest BCUT2D eigenvalue weighted by molar-refractivity contribution is 6.31. The number of pyridine rings is 1. The number of halogens is 2. The number of benzene rings is 2. The Morgan fingerprint density at radius 2 is 1.78 bits per heavy atom. The quantitative estimate of drug-likeness (QED) is 0.255. The molecule has 0 bridgehead atoms. The van der Waals surface area contributed by atoms with Crippen molar-refractivity contribution < 1.29 is 4.79 Å². The van der Waals surface area contributed by atoms with E-state index in [2.05, 4.69) is 25.3 Å². The van der Waals surface area contributed by atoms with E-state index >= 15 is 0 Å². The van der Waals surface area contributed by atoms with Crippen LogP contribution >= 0.6 is 23.2 Å². The Balaban J connectivity index is 1.37. The largest absolute Gasteiger partial charge is 0.318 e. The number of ketones is 1. The molecule has 4 heterocycles. The minimum absolute atomic E-state index is 0.0801. The number of rotatable bonds is 8. The van der Waals surface area contributed by atoms with Crippen molar-refractivity contribution >= 4 is 40.1 Å². The Kier molecular flexibility index (Phi) is 7.17. The maximum absolute atomic E-state index is 13.8.